The summed E-state index contributed by atoms with van der Waals surface area (Å²) in [6.45, 7) is 0.129. The van der Waals surface area contributed by atoms with Crippen molar-refractivity contribution in [1.82, 2.24) is 0 Å². The van der Waals surface area contributed by atoms with E-state index >= 15 is 0 Å². The van der Waals surface area contributed by atoms with Crippen molar-refractivity contribution in [2.24, 2.45) is 0 Å². The van der Waals surface area contributed by atoms with Crippen molar-refractivity contribution < 1.29 is 14.6 Å². The van der Waals surface area contributed by atoms with E-state index in [0.717, 1.165) is 10.0 Å². The lowest BCUT2D eigenvalue weighted by atomic mass is 10.2. The summed E-state index contributed by atoms with van der Waals surface area (Å²) in [6, 6.07) is 11.7. The second-order valence-electron chi connectivity index (χ2n) is 3.94. The molecule has 0 aliphatic carbocycles. The summed E-state index contributed by atoms with van der Waals surface area (Å²) < 4.78 is 6.01. The van der Waals surface area contributed by atoms with Gasteiger partial charge in [-0.3, -0.25) is 0 Å². The summed E-state index contributed by atoms with van der Waals surface area (Å²) in [7, 11) is 0. The van der Waals surface area contributed by atoms with E-state index in [1.807, 2.05) is 24.3 Å². The Balaban J connectivity index is 2.08. The van der Waals surface area contributed by atoms with Gasteiger partial charge in [0, 0.05) is 21.8 Å². The third-order valence-corrected chi connectivity index (χ3v) is 3.33. The highest BCUT2D eigenvalue weighted by molar-refractivity contribution is 9.10. The lowest BCUT2D eigenvalue weighted by Crippen LogP contribution is -2.06. The highest BCUT2D eigenvalue weighted by atomic mass is 79.9. The molecular formula is C14H12BrNO3. The van der Waals surface area contributed by atoms with Crippen LogP contribution in [0.5, 0.6) is 5.75 Å². The summed E-state index contributed by atoms with van der Waals surface area (Å²) >= 11 is 3.37. The summed E-state index contributed by atoms with van der Waals surface area (Å²) in [5.41, 5.74) is 6.83. The molecule has 0 fully saturated rings. The normalized spacial score (nSPS) is 10.2. The minimum Gasteiger partial charge on any atom is -0.507 e. The number of aromatic hydroxyl groups is 1. The first-order valence-electron chi connectivity index (χ1n) is 5.57. The molecule has 5 heteroatoms. The number of ether oxygens (including phenoxy) is 1. The fourth-order valence-electron chi connectivity index (χ4n) is 1.56. The van der Waals surface area contributed by atoms with Crippen LogP contribution in [-0.2, 0) is 11.3 Å². The van der Waals surface area contributed by atoms with Gasteiger partial charge in [-0.2, -0.15) is 0 Å². The Morgan fingerprint density at radius 3 is 2.68 bits per heavy atom. The summed E-state index contributed by atoms with van der Waals surface area (Å²) in [6.07, 6.45) is 0. The molecule has 0 amide bonds. The molecule has 0 aromatic heterocycles. The Labute approximate surface area is 118 Å². The maximum atomic E-state index is 11.8. The molecule has 0 saturated heterocycles. The number of anilines is 1. The van der Waals surface area contributed by atoms with E-state index in [1.165, 1.54) is 18.2 Å². The van der Waals surface area contributed by atoms with Crippen molar-refractivity contribution >= 4 is 27.6 Å². The van der Waals surface area contributed by atoms with Crippen molar-refractivity contribution in [3.05, 3.63) is 58.1 Å². The van der Waals surface area contributed by atoms with Gasteiger partial charge in [0.05, 0.1) is 0 Å². The van der Waals surface area contributed by atoms with Gasteiger partial charge in [0.15, 0.2) is 0 Å². The molecule has 19 heavy (non-hydrogen) atoms. The van der Waals surface area contributed by atoms with E-state index in [0.29, 0.717) is 5.69 Å². The average molecular weight is 322 g/mol. The van der Waals surface area contributed by atoms with E-state index in [9.17, 15) is 9.90 Å². The Bertz CT molecular complexity index is 613. The second kappa shape index (κ2) is 5.75. The van der Waals surface area contributed by atoms with Crippen LogP contribution in [0.3, 0.4) is 0 Å². The lowest BCUT2D eigenvalue weighted by Gasteiger charge is -2.08. The maximum Gasteiger partial charge on any atom is 0.342 e. The number of rotatable bonds is 3. The van der Waals surface area contributed by atoms with Crippen LogP contribution in [-0.4, -0.2) is 11.1 Å². The Hall–Kier alpha value is -2.01. The number of phenols is 1. The molecular weight excluding hydrogens is 310 g/mol. The lowest BCUT2D eigenvalue weighted by molar-refractivity contribution is 0.0468. The average Bonchev–Trinajstić information content (AvgIpc) is 2.37. The molecule has 0 aliphatic heterocycles. The van der Waals surface area contributed by atoms with Gasteiger partial charge in [-0.25, -0.2) is 4.79 Å². The minimum atomic E-state index is -0.590. The van der Waals surface area contributed by atoms with Crippen LogP contribution >= 0.6 is 15.9 Å². The monoisotopic (exact) mass is 321 g/mol. The molecule has 2 aromatic rings. The Morgan fingerprint density at radius 1 is 1.26 bits per heavy atom. The zero-order valence-corrected chi connectivity index (χ0v) is 11.6. The molecule has 0 spiro atoms. The van der Waals surface area contributed by atoms with E-state index in [1.54, 1.807) is 0 Å². The molecule has 0 radical (unpaired) electrons. The highest BCUT2D eigenvalue weighted by Crippen LogP contribution is 2.22. The quantitative estimate of drug-likeness (QED) is 0.673. The van der Waals surface area contributed by atoms with Gasteiger partial charge >= 0.3 is 5.97 Å². The summed E-state index contributed by atoms with van der Waals surface area (Å²) in [5, 5.41) is 9.62. The van der Waals surface area contributed by atoms with Crippen LogP contribution in [0.2, 0.25) is 0 Å². The molecule has 0 aliphatic rings. The van der Waals surface area contributed by atoms with Crippen LogP contribution in [0.15, 0.2) is 46.9 Å². The zero-order valence-electron chi connectivity index (χ0n) is 9.97. The fourth-order valence-corrected chi connectivity index (χ4v) is 1.96. The van der Waals surface area contributed by atoms with Crippen molar-refractivity contribution in [1.29, 1.82) is 0 Å². The number of hydrogen-bond donors (Lipinski definition) is 2. The second-order valence-corrected chi connectivity index (χ2v) is 4.80. The predicted octanol–water partition coefficient (Wildman–Crippen LogP) is 3.09. The molecule has 98 valence electrons. The molecule has 2 rings (SSSR count). The van der Waals surface area contributed by atoms with Gasteiger partial charge in [0.2, 0.25) is 0 Å². The number of carbonyl (C=O) groups excluding carboxylic acids is 1. The number of carbonyl (C=O) groups is 1. The van der Waals surface area contributed by atoms with E-state index < -0.39 is 5.97 Å². The molecule has 0 saturated carbocycles. The molecule has 0 atom stereocenters. The van der Waals surface area contributed by atoms with Crippen LogP contribution in [0.1, 0.15) is 15.9 Å². The van der Waals surface area contributed by atoms with Crippen molar-refractivity contribution in [2.45, 2.75) is 6.61 Å². The first-order chi connectivity index (χ1) is 9.08. The molecule has 0 bridgehead atoms. The Kier molecular flexibility index (Phi) is 4.06. The van der Waals surface area contributed by atoms with E-state index in [-0.39, 0.29) is 17.9 Å². The third kappa shape index (κ3) is 3.26. The van der Waals surface area contributed by atoms with Crippen LogP contribution in [0.4, 0.5) is 5.69 Å². The number of benzene rings is 2. The predicted molar refractivity (Wildman–Crippen MR) is 75.8 cm³/mol. The van der Waals surface area contributed by atoms with Gasteiger partial charge in [0.25, 0.3) is 0 Å². The van der Waals surface area contributed by atoms with Crippen LogP contribution in [0, 0.1) is 0 Å². The smallest absolute Gasteiger partial charge is 0.342 e. The SMILES string of the molecule is Nc1ccc(C(=O)OCc2ccccc2Br)c(O)c1. The molecule has 2 aromatic carbocycles. The summed E-state index contributed by atoms with van der Waals surface area (Å²) in [5.74, 6) is -0.773. The molecule has 0 heterocycles. The number of nitrogens with two attached hydrogens (primary N) is 1. The van der Waals surface area contributed by atoms with Gasteiger partial charge in [-0.05, 0) is 18.2 Å². The van der Waals surface area contributed by atoms with Gasteiger partial charge in [-0.1, -0.05) is 34.1 Å². The molecule has 0 unspecified atom stereocenters. The Morgan fingerprint density at radius 2 is 2.00 bits per heavy atom. The number of hydrogen-bond acceptors (Lipinski definition) is 4. The minimum absolute atomic E-state index is 0.0984. The van der Waals surface area contributed by atoms with Crippen molar-refractivity contribution in [3.63, 3.8) is 0 Å². The molecule has 4 nitrogen and oxygen atoms in total. The first kappa shape index (κ1) is 13.4. The number of halogens is 1. The van der Waals surface area contributed by atoms with Gasteiger partial charge in [-0.15, -0.1) is 0 Å². The first-order valence-corrected chi connectivity index (χ1v) is 6.36. The van der Waals surface area contributed by atoms with Crippen molar-refractivity contribution in [2.75, 3.05) is 5.73 Å². The fraction of sp³-hybridized carbons (Fsp3) is 0.0714. The third-order valence-electron chi connectivity index (χ3n) is 2.56. The van der Waals surface area contributed by atoms with Crippen molar-refractivity contribution in [3.8, 4) is 5.75 Å². The topological polar surface area (TPSA) is 72.6 Å². The highest BCUT2D eigenvalue weighted by Gasteiger charge is 2.13. The maximum absolute atomic E-state index is 11.8. The summed E-state index contributed by atoms with van der Waals surface area (Å²) in [4.78, 5) is 11.8. The molecule has 3 N–H and O–H groups in total. The number of phenolic OH excluding ortho intramolecular Hbond substituents is 1. The van der Waals surface area contributed by atoms with Crippen LogP contribution < -0.4 is 5.73 Å². The number of nitrogen functional groups attached to an aromatic ring is 1. The standard InChI is InChI=1S/C14H12BrNO3/c15-12-4-2-1-3-9(12)8-19-14(18)11-6-5-10(16)7-13(11)17/h1-7,17H,8,16H2. The zero-order chi connectivity index (χ0) is 13.8. The largest absolute Gasteiger partial charge is 0.507 e. The van der Waals surface area contributed by atoms with Crippen LogP contribution in [0.25, 0.3) is 0 Å². The van der Waals surface area contributed by atoms with E-state index in [2.05, 4.69) is 15.9 Å². The van der Waals surface area contributed by atoms with E-state index in [4.69, 9.17) is 10.5 Å². The van der Waals surface area contributed by atoms with Gasteiger partial charge < -0.3 is 15.6 Å². The number of esters is 1. The van der Waals surface area contributed by atoms with Gasteiger partial charge in [0.1, 0.15) is 17.9 Å².